The van der Waals surface area contributed by atoms with Crippen molar-refractivity contribution in [1.82, 2.24) is 0 Å². The van der Waals surface area contributed by atoms with Gasteiger partial charge in [0.15, 0.2) is 6.29 Å². The van der Waals surface area contributed by atoms with E-state index in [-0.39, 0.29) is 0 Å². The molecule has 1 aliphatic heterocycles. The second kappa shape index (κ2) is 5.04. The second-order valence-corrected chi connectivity index (χ2v) is 7.03. The van der Waals surface area contributed by atoms with E-state index in [0.29, 0.717) is 11.3 Å². The van der Waals surface area contributed by atoms with Gasteiger partial charge < -0.3 is 4.90 Å². The summed E-state index contributed by atoms with van der Waals surface area (Å²) < 4.78 is 0.958. The smallest absolute Gasteiger partial charge is 0.152 e. The number of nitrogens with zero attached hydrogens (tertiary/aromatic N) is 1. The molecule has 98 valence electrons. The summed E-state index contributed by atoms with van der Waals surface area (Å²) in [5.41, 5.74) is 2.18. The van der Waals surface area contributed by atoms with Crippen LogP contribution in [0.4, 0.5) is 5.69 Å². The fraction of sp³-hybridized carbons (Fsp3) is 0.533. The fourth-order valence-electron chi connectivity index (χ4n) is 2.59. The van der Waals surface area contributed by atoms with Crippen LogP contribution in [0.1, 0.15) is 37.6 Å². The van der Waals surface area contributed by atoms with Crippen LogP contribution in [-0.2, 0) is 0 Å². The average molecular weight is 310 g/mol. The number of halogens is 1. The van der Waals surface area contributed by atoms with Gasteiger partial charge >= 0.3 is 0 Å². The van der Waals surface area contributed by atoms with Gasteiger partial charge in [-0.2, -0.15) is 0 Å². The Morgan fingerprint density at radius 2 is 2.11 bits per heavy atom. The summed E-state index contributed by atoms with van der Waals surface area (Å²) in [5, 5.41) is 0. The van der Waals surface area contributed by atoms with E-state index in [9.17, 15) is 4.79 Å². The molecule has 2 rings (SSSR count). The standard InChI is InChI=1S/C15H20BrNO/c1-15(2,3)12-6-7-17(9-12)14-5-4-13(16)8-11(14)10-18/h4-5,8,10,12H,6-7,9H2,1-3H3. The molecule has 1 aliphatic rings. The van der Waals surface area contributed by atoms with Crippen molar-refractivity contribution in [2.75, 3.05) is 18.0 Å². The zero-order chi connectivity index (χ0) is 13.3. The van der Waals surface area contributed by atoms with E-state index in [1.54, 1.807) is 0 Å². The Labute approximate surface area is 117 Å². The summed E-state index contributed by atoms with van der Waals surface area (Å²) in [6.07, 6.45) is 2.16. The van der Waals surface area contributed by atoms with Crippen molar-refractivity contribution in [3.8, 4) is 0 Å². The average Bonchev–Trinajstić information content (AvgIpc) is 2.77. The van der Waals surface area contributed by atoms with Crippen LogP contribution < -0.4 is 4.90 Å². The fourth-order valence-corrected chi connectivity index (χ4v) is 2.97. The van der Waals surface area contributed by atoms with E-state index in [2.05, 4.69) is 41.6 Å². The molecule has 1 aromatic carbocycles. The first-order valence-electron chi connectivity index (χ1n) is 6.41. The van der Waals surface area contributed by atoms with E-state index < -0.39 is 0 Å². The third-order valence-electron chi connectivity index (χ3n) is 3.87. The van der Waals surface area contributed by atoms with Crippen molar-refractivity contribution in [2.45, 2.75) is 27.2 Å². The molecule has 18 heavy (non-hydrogen) atoms. The Bertz CT molecular complexity index is 450. The number of rotatable bonds is 2. The van der Waals surface area contributed by atoms with E-state index in [1.165, 1.54) is 6.42 Å². The van der Waals surface area contributed by atoms with Crippen LogP contribution in [0, 0.1) is 11.3 Å². The number of hydrogen-bond donors (Lipinski definition) is 0. The molecule has 0 aromatic heterocycles. The van der Waals surface area contributed by atoms with Crippen LogP contribution in [-0.4, -0.2) is 19.4 Å². The second-order valence-electron chi connectivity index (χ2n) is 6.12. The van der Waals surface area contributed by atoms with Gasteiger partial charge in [0.1, 0.15) is 0 Å². The molecule has 2 nitrogen and oxygen atoms in total. The Morgan fingerprint density at radius 3 is 2.67 bits per heavy atom. The zero-order valence-corrected chi connectivity index (χ0v) is 12.8. The van der Waals surface area contributed by atoms with Crippen molar-refractivity contribution in [3.05, 3.63) is 28.2 Å². The van der Waals surface area contributed by atoms with Crippen molar-refractivity contribution < 1.29 is 4.79 Å². The maximum atomic E-state index is 11.2. The minimum atomic E-state index is 0.339. The van der Waals surface area contributed by atoms with E-state index >= 15 is 0 Å². The Balaban J connectivity index is 2.22. The van der Waals surface area contributed by atoms with Crippen LogP contribution in [0.2, 0.25) is 0 Å². The number of carbonyl (C=O) groups is 1. The molecule has 0 radical (unpaired) electrons. The summed E-state index contributed by atoms with van der Waals surface area (Å²) in [6, 6.07) is 5.94. The highest BCUT2D eigenvalue weighted by Crippen LogP contribution is 2.36. The number of carbonyl (C=O) groups excluding carboxylic acids is 1. The number of anilines is 1. The minimum absolute atomic E-state index is 0.339. The van der Waals surface area contributed by atoms with Gasteiger partial charge in [-0.05, 0) is 36.0 Å². The third-order valence-corrected chi connectivity index (χ3v) is 4.36. The minimum Gasteiger partial charge on any atom is -0.371 e. The van der Waals surface area contributed by atoms with Crippen molar-refractivity contribution in [3.63, 3.8) is 0 Å². The lowest BCUT2D eigenvalue weighted by Gasteiger charge is -2.28. The summed E-state index contributed by atoms with van der Waals surface area (Å²) >= 11 is 3.41. The molecule has 0 spiro atoms. The molecule has 0 saturated carbocycles. The molecule has 0 N–H and O–H groups in total. The first kappa shape index (κ1) is 13.6. The van der Waals surface area contributed by atoms with Crippen LogP contribution in [0.15, 0.2) is 22.7 Å². The number of aldehydes is 1. The Kier molecular flexibility index (Phi) is 3.81. The lowest BCUT2D eigenvalue weighted by molar-refractivity contribution is 0.112. The molecule has 3 heteroatoms. The van der Waals surface area contributed by atoms with E-state index in [4.69, 9.17) is 0 Å². The van der Waals surface area contributed by atoms with Crippen LogP contribution in [0.5, 0.6) is 0 Å². The molecule has 1 saturated heterocycles. The molecule has 0 aliphatic carbocycles. The zero-order valence-electron chi connectivity index (χ0n) is 11.2. The Hall–Kier alpha value is -0.830. The number of benzene rings is 1. The predicted molar refractivity (Wildman–Crippen MR) is 79.3 cm³/mol. The van der Waals surface area contributed by atoms with Gasteiger partial charge in [0, 0.05) is 28.8 Å². The van der Waals surface area contributed by atoms with Gasteiger partial charge in [-0.1, -0.05) is 36.7 Å². The maximum Gasteiger partial charge on any atom is 0.152 e. The largest absolute Gasteiger partial charge is 0.371 e. The predicted octanol–water partition coefficient (Wildman–Crippen LogP) is 4.13. The van der Waals surface area contributed by atoms with Crippen molar-refractivity contribution in [2.24, 2.45) is 11.3 Å². The quantitative estimate of drug-likeness (QED) is 0.765. The van der Waals surface area contributed by atoms with Gasteiger partial charge in [0.2, 0.25) is 0 Å². The van der Waals surface area contributed by atoms with Gasteiger partial charge in [0.05, 0.1) is 0 Å². The maximum absolute atomic E-state index is 11.2. The number of hydrogen-bond acceptors (Lipinski definition) is 2. The molecule has 1 atom stereocenters. The highest BCUT2D eigenvalue weighted by atomic mass is 79.9. The SMILES string of the molecule is CC(C)(C)C1CCN(c2ccc(Br)cc2C=O)C1. The summed E-state index contributed by atoms with van der Waals surface area (Å²) in [7, 11) is 0. The van der Waals surface area contributed by atoms with Crippen LogP contribution >= 0.6 is 15.9 Å². The molecule has 1 aromatic rings. The molecule has 1 fully saturated rings. The van der Waals surface area contributed by atoms with Gasteiger partial charge in [-0.3, -0.25) is 4.79 Å². The van der Waals surface area contributed by atoms with Crippen LogP contribution in [0.25, 0.3) is 0 Å². The Morgan fingerprint density at radius 1 is 1.39 bits per heavy atom. The lowest BCUT2D eigenvalue weighted by atomic mass is 9.80. The first-order chi connectivity index (χ1) is 8.41. The molecular weight excluding hydrogens is 290 g/mol. The highest BCUT2D eigenvalue weighted by molar-refractivity contribution is 9.10. The molecule has 1 heterocycles. The van der Waals surface area contributed by atoms with Gasteiger partial charge in [0.25, 0.3) is 0 Å². The van der Waals surface area contributed by atoms with Crippen molar-refractivity contribution >= 4 is 27.9 Å². The van der Waals surface area contributed by atoms with Crippen LogP contribution in [0.3, 0.4) is 0 Å². The summed E-state index contributed by atoms with van der Waals surface area (Å²) in [6.45, 7) is 8.98. The van der Waals surface area contributed by atoms with Gasteiger partial charge in [-0.25, -0.2) is 0 Å². The third kappa shape index (κ3) is 2.77. The highest BCUT2D eigenvalue weighted by Gasteiger charge is 2.32. The van der Waals surface area contributed by atoms with E-state index in [0.717, 1.165) is 35.1 Å². The summed E-state index contributed by atoms with van der Waals surface area (Å²) in [4.78, 5) is 13.5. The molecular formula is C15H20BrNO. The summed E-state index contributed by atoms with van der Waals surface area (Å²) in [5.74, 6) is 0.695. The molecule has 0 amide bonds. The molecule has 1 unspecified atom stereocenters. The molecule has 0 bridgehead atoms. The normalized spacial score (nSPS) is 20.2. The van der Waals surface area contributed by atoms with Gasteiger partial charge in [-0.15, -0.1) is 0 Å². The monoisotopic (exact) mass is 309 g/mol. The first-order valence-corrected chi connectivity index (χ1v) is 7.21. The van der Waals surface area contributed by atoms with Crippen molar-refractivity contribution in [1.29, 1.82) is 0 Å². The topological polar surface area (TPSA) is 20.3 Å². The van der Waals surface area contributed by atoms with E-state index in [1.807, 2.05) is 18.2 Å². The lowest BCUT2D eigenvalue weighted by Crippen LogP contribution is -2.26.